The monoisotopic (exact) mass is 1150 g/mol. The van der Waals surface area contributed by atoms with Gasteiger partial charge in [0.1, 0.15) is 54.1 Å². The molecule has 2 saturated heterocycles. The van der Waals surface area contributed by atoms with Crippen LogP contribution in [0.3, 0.4) is 0 Å². The number of likely N-dealkylation sites (tertiary alicyclic amines) is 2. The van der Waals surface area contributed by atoms with E-state index < -0.39 is 144 Å². The van der Waals surface area contributed by atoms with E-state index in [4.69, 9.17) is 11.5 Å². The fraction of sp³-hybridized carbons (Fsp3) is 0.474. The quantitative estimate of drug-likeness (QED) is 0.0367. The summed E-state index contributed by atoms with van der Waals surface area (Å²) in [5, 5.41) is 46.7. The molecule has 26 nitrogen and oxygen atoms in total. The Morgan fingerprint density at radius 3 is 1.67 bits per heavy atom. The Hall–Kier alpha value is -8.94. The Kier molecular flexibility index (Phi) is 24.5. The SMILES string of the molecule is CC[C@H](C)[C@H](NC(=O)[C@@H]1CCCN1C(=O)[C@H](Cc1ccccc1)NC(=O)[C@H](CC(=O)O)NC(=O)[C@@H]1CCCN1C(=O)CNC(=O)[C@H](Cc1ccccc1)NC(=O)[C@H](CCC(N)=O)NC(=O)[C@@H](N)Cc1ccc(O)cc1)C(=O)N[C@@H](C)C(=O)O. The molecule has 448 valence electrons. The van der Waals surface area contributed by atoms with Crippen molar-refractivity contribution in [3.8, 4) is 5.75 Å². The van der Waals surface area contributed by atoms with Crippen molar-refractivity contribution >= 4 is 71.0 Å². The van der Waals surface area contributed by atoms with Crippen LogP contribution in [0.15, 0.2) is 84.9 Å². The number of rotatable bonds is 30. The molecule has 26 heteroatoms. The Bertz CT molecular complexity index is 2810. The summed E-state index contributed by atoms with van der Waals surface area (Å²) in [5.41, 5.74) is 13.3. The zero-order chi connectivity index (χ0) is 60.9. The second-order valence-corrected chi connectivity index (χ2v) is 20.8. The van der Waals surface area contributed by atoms with Gasteiger partial charge in [0.05, 0.1) is 19.0 Å². The second kappa shape index (κ2) is 31.3. The van der Waals surface area contributed by atoms with Crippen molar-refractivity contribution in [2.24, 2.45) is 17.4 Å². The average molecular weight is 1150 g/mol. The first-order valence-corrected chi connectivity index (χ1v) is 27.5. The molecule has 0 aliphatic carbocycles. The van der Waals surface area contributed by atoms with Crippen molar-refractivity contribution in [2.45, 2.75) is 146 Å². The lowest BCUT2D eigenvalue weighted by molar-refractivity contribution is -0.145. The molecule has 2 aliphatic rings. The molecule has 0 saturated carbocycles. The third-order valence-corrected chi connectivity index (χ3v) is 14.5. The number of nitrogens with two attached hydrogens (primary N) is 2. The highest BCUT2D eigenvalue weighted by Crippen LogP contribution is 2.23. The van der Waals surface area contributed by atoms with Crippen LogP contribution in [-0.4, -0.2) is 170 Å². The minimum atomic E-state index is -1.79. The van der Waals surface area contributed by atoms with Gasteiger partial charge in [-0.05, 0) is 80.2 Å². The number of carbonyl (C=O) groups is 12. The number of nitrogens with zero attached hydrogens (tertiary/aromatic N) is 2. The predicted molar refractivity (Wildman–Crippen MR) is 298 cm³/mol. The lowest BCUT2D eigenvalue weighted by Crippen LogP contribution is -2.60. The summed E-state index contributed by atoms with van der Waals surface area (Å²) >= 11 is 0. The number of aliphatic carboxylic acids is 2. The standard InChI is InChI=1S/C57H75N11O15/c1-4-32(2)48(55(80)61-33(3)57(82)83)66-54(79)44-18-12-26-68(44)56(81)42(29-35-15-9-6-10-16-35)65-52(77)41(30-47(72)73)64-53(78)43-17-11-25-67(43)46(71)31-60-50(75)40(28-34-13-7-5-8-14-34)63-51(76)39(23-24-45(59)70)62-49(74)38(58)27-36-19-21-37(69)22-20-36/h5-10,13-16,19-22,32-33,38-44,48,69H,4,11-12,17-18,23-31,58H2,1-3H3,(H2,59,70)(H,60,75)(H,61,80)(H,62,74)(H,63,76)(H,64,78)(H,65,77)(H,66,79)(H,72,73)(H,82,83)/t32-,33-,38-,39-,40-,41-,42-,43-,44-,48-/m0/s1. The molecule has 14 N–H and O–H groups in total. The molecule has 10 amide bonds. The molecular formula is C57H75N11O15. The van der Waals surface area contributed by atoms with E-state index in [1.807, 2.05) is 0 Å². The maximum Gasteiger partial charge on any atom is 0.325 e. The highest BCUT2D eigenvalue weighted by atomic mass is 16.4. The number of hydrogen-bond donors (Lipinski definition) is 12. The summed E-state index contributed by atoms with van der Waals surface area (Å²) < 4.78 is 0. The van der Waals surface area contributed by atoms with Crippen molar-refractivity contribution in [2.75, 3.05) is 19.6 Å². The van der Waals surface area contributed by atoms with Crippen LogP contribution >= 0.6 is 0 Å². The molecule has 0 unspecified atom stereocenters. The molecule has 0 spiro atoms. The number of carboxylic acid groups (broad SMARTS) is 2. The lowest BCUT2D eigenvalue weighted by Gasteiger charge is -2.32. The highest BCUT2D eigenvalue weighted by Gasteiger charge is 2.42. The summed E-state index contributed by atoms with van der Waals surface area (Å²) in [5.74, 6) is -11.4. The van der Waals surface area contributed by atoms with Crippen LogP contribution < -0.4 is 48.7 Å². The van der Waals surface area contributed by atoms with E-state index in [1.165, 1.54) is 24.0 Å². The van der Waals surface area contributed by atoms with Gasteiger partial charge in [0.15, 0.2) is 0 Å². The van der Waals surface area contributed by atoms with Crippen molar-refractivity contribution < 1.29 is 72.9 Å². The summed E-state index contributed by atoms with van der Waals surface area (Å²) in [7, 11) is 0. The first-order chi connectivity index (χ1) is 39.4. The molecular weight excluding hydrogens is 1080 g/mol. The maximum atomic E-state index is 14.6. The first-order valence-electron chi connectivity index (χ1n) is 27.5. The minimum Gasteiger partial charge on any atom is -0.508 e. The van der Waals surface area contributed by atoms with Gasteiger partial charge < -0.3 is 73.8 Å². The summed E-state index contributed by atoms with van der Waals surface area (Å²) in [6.45, 7) is 4.15. The van der Waals surface area contributed by atoms with Gasteiger partial charge in [-0.3, -0.25) is 57.5 Å². The number of carboxylic acids is 2. The number of nitrogens with one attached hydrogen (secondary N) is 7. The molecule has 83 heavy (non-hydrogen) atoms. The fourth-order valence-electron chi connectivity index (χ4n) is 9.66. The van der Waals surface area contributed by atoms with Crippen LogP contribution in [0.5, 0.6) is 5.75 Å². The summed E-state index contributed by atoms with van der Waals surface area (Å²) in [6.07, 6.45) is -0.444. The highest BCUT2D eigenvalue weighted by molar-refractivity contribution is 5.99. The molecule has 2 heterocycles. The van der Waals surface area contributed by atoms with Gasteiger partial charge in [0, 0.05) is 32.4 Å². The summed E-state index contributed by atoms with van der Waals surface area (Å²) in [4.78, 5) is 163. The largest absolute Gasteiger partial charge is 0.508 e. The van der Waals surface area contributed by atoms with Crippen molar-refractivity contribution in [1.29, 1.82) is 0 Å². The van der Waals surface area contributed by atoms with Crippen LogP contribution in [-0.2, 0) is 76.8 Å². The van der Waals surface area contributed by atoms with E-state index >= 15 is 0 Å². The first kappa shape index (κ1) is 64.9. The molecule has 3 aromatic carbocycles. The Morgan fingerprint density at radius 2 is 1.11 bits per heavy atom. The molecule has 0 radical (unpaired) electrons. The van der Waals surface area contributed by atoms with E-state index in [0.29, 0.717) is 36.0 Å². The van der Waals surface area contributed by atoms with E-state index in [2.05, 4.69) is 37.2 Å². The number of phenols is 1. The third kappa shape index (κ3) is 19.6. The zero-order valence-electron chi connectivity index (χ0n) is 46.5. The maximum absolute atomic E-state index is 14.6. The molecule has 10 atom stereocenters. The van der Waals surface area contributed by atoms with Crippen LogP contribution in [0.2, 0.25) is 0 Å². The van der Waals surface area contributed by atoms with E-state index in [9.17, 15) is 72.9 Å². The van der Waals surface area contributed by atoms with Crippen molar-refractivity contribution in [3.63, 3.8) is 0 Å². The van der Waals surface area contributed by atoms with E-state index in [-0.39, 0.29) is 63.8 Å². The Labute approximate surface area is 479 Å². The fourth-order valence-corrected chi connectivity index (χ4v) is 9.66. The van der Waals surface area contributed by atoms with Crippen molar-refractivity contribution in [3.05, 3.63) is 102 Å². The zero-order valence-corrected chi connectivity index (χ0v) is 46.5. The summed E-state index contributed by atoms with van der Waals surface area (Å²) in [6, 6.07) is 11.0. The predicted octanol–water partition coefficient (Wildman–Crippen LogP) is -1.35. The van der Waals surface area contributed by atoms with Gasteiger partial charge in [0.2, 0.25) is 59.1 Å². The number of benzene rings is 3. The molecule has 5 rings (SSSR count). The van der Waals surface area contributed by atoms with Crippen LogP contribution in [0.1, 0.15) is 88.8 Å². The van der Waals surface area contributed by atoms with Gasteiger partial charge in [-0.2, -0.15) is 0 Å². The number of carbonyl (C=O) groups excluding carboxylic acids is 10. The normalized spacial score (nSPS) is 17.6. The molecule has 2 aliphatic heterocycles. The van der Waals surface area contributed by atoms with Crippen LogP contribution in [0.4, 0.5) is 0 Å². The minimum absolute atomic E-state index is 0.00177. The van der Waals surface area contributed by atoms with Crippen LogP contribution in [0.25, 0.3) is 0 Å². The lowest BCUT2D eigenvalue weighted by atomic mass is 9.97. The number of hydrogen-bond acceptors (Lipinski definition) is 14. The van der Waals surface area contributed by atoms with E-state index in [1.54, 1.807) is 86.6 Å². The van der Waals surface area contributed by atoms with Crippen LogP contribution in [0, 0.1) is 5.92 Å². The third-order valence-electron chi connectivity index (χ3n) is 14.5. The van der Waals surface area contributed by atoms with Gasteiger partial charge in [-0.25, -0.2) is 0 Å². The molecule has 0 bridgehead atoms. The number of phenolic OH excluding ortho intramolecular Hbond substituents is 1. The topological polar surface area (TPSA) is 408 Å². The number of primary amides is 1. The second-order valence-electron chi connectivity index (χ2n) is 20.8. The molecule has 2 fully saturated rings. The average Bonchev–Trinajstić information content (AvgIpc) is 4.31. The number of amides is 10. The van der Waals surface area contributed by atoms with E-state index in [0.717, 1.165) is 4.90 Å². The van der Waals surface area contributed by atoms with Gasteiger partial charge in [-0.15, -0.1) is 0 Å². The smallest absolute Gasteiger partial charge is 0.325 e. The molecule has 3 aromatic rings. The van der Waals surface area contributed by atoms with Gasteiger partial charge in [-0.1, -0.05) is 93.1 Å². The number of aromatic hydroxyl groups is 1. The molecule has 0 aromatic heterocycles. The Balaban J connectivity index is 1.28. The van der Waals surface area contributed by atoms with Crippen molar-refractivity contribution in [1.82, 2.24) is 47.0 Å². The van der Waals surface area contributed by atoms with Gasteiger partial charge >= 0.3 is 11.9 Å². The Morgan fingerprint density at radius 1 is 0.590 bits per heavy atom. The van der Waals surface area contributed by atoms with Gasteiger partial charge in [0.25, 0.3) is 0 Å².